The summed E-state index contributed by atoms with van der Waals surface area (Å²) in [5.41, 5.74) is 6.10. The molecule has 6 heteroatoms. The van der Waals surface area contributed by atoms with Gasteiger partial charge in [0.1, 0.15) is 17.6 Å². The SMILES string of the molecule is C/C=C(\OC)c1ccnc([N+](=O)[O-])c1N. The molecule has 0 unspecified atom stereocenters. The van der Waals surface area contributed by atoms with E-state index >= 15 is 0 Å². The Morgan fingerprint density at radius 2 is 2.40 bits per heavy atom. The third-order valence-electron chi connectivity index (χ3n) is 1.89. The van der Waals surface area contributed by atoms with Crippen molar-refractivity contribution in [3.05, 3.63) is 34.0 Å². The average Bonchev–Trinajstić information content (AvgIpc) is 2.21. The summed E-state index contributed by atoms with van der Waals surface area (Å²) >= 11 is 0. The first-order chi connectivity index (χ1) is 7.11. The van der Waals surface area contributed by atoms with E-state index in [9.17, 15) is 10.1 Å². The minimum Gasteiger partial charge on any atom is -0.496 e. The maximum atomic E-state index is 10.6. The molecule has 0 spiro atoms. The van der Waals surface area contributed by atoms with Crippen LogP contribution < -0.4 is 5.73 Å². The molecule has 0 bridgehead atoms. The first-order valence-electron chi connectivity index (χ1n) is 4.21. The Bertz CT molecular complexity index is 415. The van der Waals surface area contributed by atoms with Gasteiger partial charge in [-0.2, -0.15) is 0 Å². The van der Waals surface area contributed by atoms with E-state index in [1.54, 1.807) is 19.1 Å². The molecular weight excluding hydrogens is 198 g/mol. The van der Waals surface area contributed by atoms with Crippen LogP contribution in [0.3, 0.4) is 0 Å². The van der Waals surface area contributed by atoms with E-state index in [4.69, 9.17) is 10.5 Å². The standard InChI is InChI=1S/C9H11N3O3/c1-3-7(15-2)6-4-5-11-9(8(6)10)12(13)14/h3-5H,10H2,1-2H3/b7-3-. The van der Waals surface area contributed by atoms with Crippen molar-refractivity contribution in [3.63, 3.8) is 0 Å². The third-order valence-corrected chi connectivity index (χ3v) is 1.89. The van der Waals surface area contributed by atoms with Crippen molar-refractivity contribution in [1.29, 1.82) is 0 Å². The lowest BCUT2D eigenvalue weighted by Gasteiger charge is -2.07. The number of methoxy groups -OCH3 is 1. The molecule has 15 heavy (non-hydrogen) atoms. The zero-order valence-corrected chi connectivity index (χ0v) is 8.43. The molecule has 0 saturated carbocycles. The van der Waals surface area contributed by atoms with Crippen LogP contribution in [-0.4, -0.2) is 17.0 Å². The van der Waals surface area contributed by atoms with Gasteiger partial charge >= 0.3 is 5.82 Å². The van der Waals surface area contributed by atoms with Gasteiger partial charge in [0.25, 0.3) is 0 Å². The quantitative estimate of drug-likeness (QED) is 0.463. The first kappa shape index (κ1) is 11.0. The van der Waals surface area contributed by atoms with Gasteiger partial charge in [0.2, 0.25) is 0 Å². The Hall–Kier alpha value is -2.11. The lowest BCUT2D eigenvalue weighted by Crippen LogP contribution is -2.02. The van der Waals surface area contributed by atoms with Gasteiger partial charge < -0.3 is 20.6 Å². The van der Waals surface area contributed by atoms with Crippen LogP contribution >= 0.6 is 0 Å². The molecule has 1 aromatic heterocycles. The molecule has 2 N–H and O–H groups in total. The number of hydrogen-bond donors (Lipinski definition) is 1. The molecule has 1 rings (SSSR count). The predicted octanol–water partition coefficient (Wildman–Crippen LogP) is 1.58. The van der Waals surface area contributed by atoms with Gasteiger partial charge in [0.15, 0.2) is 0 Å². The summed E-state index contributed by atoms with van der Waals surface area (Å²) in [7, 11) is 1.47. The van der Waals surface area contributed by atoms with Crippen molar-refractivity contribution in [2.24, 2.45) is 0 Å². The van der Waals surface area contributed by atoms with Crippen LogP contribution in [-0.2, 0) is 4.74 Å². The van der Waals surface area contributed by atoms with Crippen molar-refractivity contribution < 1.29 is 9.66 Å². The molecule has 80 valence electrons. The Morgan fingerprint density at radius 3 is 2.87 bits per heavy atom. The number of nitrogens with zero attached hydrogens (tertiary/aromatic N) is 2. The summed E-state index contributed by atoms with van der Waals surface area (Å²) in [4.78, 5) is 13.5. The average molecular weight is 209 g/mol. The second kappa shape index (κ2) is 4.41. The maximum Gasteiger partial charge on any atom is 0.387 e. The van der Waals surface area contributed by atoms with E-state index in [2.05, 4.69) is 4.98 Å². The molecule has 0 aliphatic carbocycles. The summed E-state index contributed by atoms with van der Waals surface area (Å²) in [6.45, 7) is 1.75. The summed E-state index contributed by atoms with van der Waals surface area (Å²) < 4.78 is 5.03. The maximum absolute atomic E-state index is 10.6. The van der Waals surface area contributed by atoms with Crippen LogP contribution in [0.2, 0.25) is 0 Å². The second-order valence-corrected chi connectivity index (χ2v) is 2.71. The van der Waals surface area contributed by atoms with Crippen molar-refractivity contribution in [2.75, 3.05) is 12.8 Å². The number of nitro groups is 1. The van der Waals surface area contributed by atoms with Crippen molar-refractivity contribution in [2.45, 2.75) is 6.92 Å². The number of allylic oxidation sites excluding steroid dienone is 1. The zero-order valence-electron chi connectivity index (χ0n) is 8.43. The van der Waals surface area contributed by atoms with Gasteiger partial charge in [0.05, 0.1) is 12.7 Å². The van der Waals surface area contributed by atoms with Crippen LogP contribution in [0, 0.1) is 10.1 Å². The molecular formula is C9H11N3O3. The van der Waals surface area contributed by atoms with Crippen LogP contribution in [0.1, 0.15) is 12.5 Å². The Labute approximate surface area is 86.5 Å². The van der Waals surface area contributed by atoms with E-state index in [1.165, 1.54) is 13.3 Å². The number of aromatic nitrogens is 1. The minimum absolute atomic E-state index is 0.0115. The smallest absolute Gasteiger partial charge is 0.387 e. The van der Waals surface area contributed by atoms with Gasteiger partial charge in [-0.05, 0) is 29.0 Å². The van der Waals surface area contributed by atoms with E-state index in [0.717, 1.165) is 0 Å². The van der Waals surface area contributed by atoms with Gasteiger partial charge in [-0.15, -0.1) is 0 Å². The number of anilines is 1. The number of pyridine rings is 1. The van der Waals surface area contributed by atoms with E-state index in [1.807, 2.05) is 0 Å². The van der Waals surface area contributed by atoms with Gasteiger partial charge in [-0.25, -0.2) is 0 Å². The molecule has 0 aliphatic rings. The summed E-state index contributed by atoms with van der Waals surface area (Å²) in [6, 6.07) is 1.57. The number of nitrogen functional groups attached to an aromatic ring is 1. The molecule has 0 aromatic carbocycles. The minimum atomic E-state index is -0.623. The Morgan fingerprint density at radius 1 is 1.73 bits per heavy atom. The molecule has 0 aliphatic heterocycles. The molecule has 1 heterocycles. The topological polar surface area (TPSA) is 91.3 Å². The van der Waals surface area contributed by atoms with Crippen LogP contribution in [0.5, 0.6) is 0 Å². The number of hydrogen-bond acceptors (Lipinski definition) is 5. The van der Waals surface area contributed by atoms with E-state index in [0.29, 0.717) is 11.3 Å². The fourth-order valence-electron chi connectivity index (χ4n) is 1.21. The van der Waals surface area contributed by atoms with E-state index in [-0.39, 0.29) is 11.5 Å². The zero-order chi connectivity index (χ0) is 11.4. The largest absolute Gasteiger partial charge is 0.496 e. The van der Waals surface area contributed by atoms with Crippen LogP contribution in [0.4, 0.5) is 11.5 Å². The van der Waals surface area contributed by atoms with Crippen LogP contribution in [0.25, 0.3) is 5.76 Å². The van der Waals surface area contributed by atoms with E-state index < -0.39 is 4.92 Å². The highest BCUT2D eigenvalue weighted by Crippen LogP contribution is 2.27. The Kier molecular flexibility index (Phi) is 3.22. The number of rotatable bonds is 3. The molecule has 0 saturated heterocycles. The molecule has 0 atom stereocenters. The highest BCUT2D eigenvalue weighted by Gasteiger charge is 2.18. The monoisotopic (exact) mass is 209 g/mol. The fourth-order valence-corrected chi connectivity index (χ4v) is 1.21. The molecule has 6 nitrogen and oxygen atoms in total. The lowest BCUT2D eigenvalue weighted by molar-refractivity contribution is -0.388. The summed E-state index contributed by atoms with van der Waals surface area (Å²) in [5.74, 6) is 0.127. The first-order valence-corrected chi connectivity index (χ1v) is 4.21. The summed E-state index contributed by atoms with van der Waals surface area (Å²) in [6.07, 6.45) is 3.00. The normalized spacial score (nSPS) is 11.2. The molecule has 0 radical (unpaired) electrons. The van der Waals surface area contributed by atoms with Crippen molar-refractivity contribution in [1.82, 2.24) is 4.98 Å². The number of nitrogens with two attached hydrogens (primary N) is 1. The predicted molar refractivity (Wildman–Crippen MR) is 56.0 cm³/mol. The van der Waals surface area contributed by atoms with Crippen molar-refractivity contribution >= 4 is 17.3 Å². The second-order valence-electron chi connectivity index (χ2n) is 2.71. The van der Waals surface area contributed by atoms with Gasteiger partial charge in [-0.1, -0.05) is 0 Å². The van der Waals surface area contributed by atoms with Gasteiger partial charge in [0, 0.05) is 0 Å². The highest BCUT2D eigenvalue weighted by molar-refractivity contribution is 5.75. The Balaban J connectivity index is 3.32. The molecule has 1 aromatic rings. The summed E-state index contributed by atoms with van der Waals surface area (Å²) in [5, 5.41) is 10.6. The lowest BCUT2D eigenvalue weighted by atomic mass is 10.2. The molecule has 0 fully saturated rings. The third kappa shape index (κ3) is 2.04. The van der Waals surface area contributed by atoms with Gasteiger partial charge in [-0.3, -0.25) is 0 Å². The fraction of sp³-hybridized carbons (Fsp3) is 0.222. The molecule has 0 amide bonds. The van der Waals surface area contributed by atoms with Crippen molar-refractivity contribution in [3.8, 4) is 0 Å². The van der Waals surface area contributed by atoms with Crippen LogP contribution in [0.15, 0.2) is 18.3 Å². The highest BCUT2D eigenvalue weighted by atomic mass is 16.6. The number of ether oxygens (including phenoxy) is 1.